The number of amides is 3. The molecule has 13 heteroatoms. The Kier molecular flexibility index (Phi) is 9.90. The average molecular weight is 731 g/mol. The number of nitrogens with zero attached hydrogens (tertiary/aromatic N) is 5. The van der Waals surface area contributed by atoms with Crippen molar-refractivity contribution in [2.45, 2.75) is 90.8 Å². The molecule has 1 saturated carbocycles. The Labute approximate surface area is 309 Å². The number of halogens is 1. The van der Waals surface area contributed by atoms with Crippen LogP contribution in [0.25, 0.3) is 27.8 Å². The fraction of sp³-hybridized carbons (Fsp3) is 0.550. The fourth-order valence-corrected chi connectivity index (χ4v) is 8.77. The summed E-state index contributed by atoms with van der Waals surface area (Å²) in [5.74, 6) is 0.601. The van der Waals surface area contributed by atoms with Gasteiger partial charge in [-0.15, -0.1) is 0 Å². The lowest BCUT2D eigenvalue weighted by molar-refractivity contribution is -0.136. The summed E-state index contributed by atoms with van der Waals surface area (Å²) in [6.07, 6.45) is 5.40. The summed E-state index contributed by atoms with van der Waals surface area (Å²) in [5, 5.41) is 5.92. The third-order valence-corrected chi connectivity index (χ3v) is 11.3. The number of carbonyl (C=O) groups is 3. The van der Waals surface area contributed by atoms with E-state index in [0.717, 1.165) is 71.2 Å². The second-order valence-electron chi connectivity index (χ2n) is 16.1. The average Bonchev–Trinajstić information content (AvgIpc) is 3.79. The summed E-state index contributed by atoms with van der Waals surface area (Å²) in [6, 6.07) is 6.68. The second-order valence-corrected chi connectivity index (χ2v) is 16.1. The maximum Gasteiger partial charge on any atom is 0.404 e. The molecule has 3 fully saturated rings. The maximum atomic E-state index is 15.4. The molecule has 0 radical (unpaired) electrons. The lowest BCUT2D eigenvalue weighted by atomic mass is 9.78. The summed E-state index contributed by atoms with van der Waals surface area (Å²) < 4.78 is 35.9. The van der Waals surface area contributed by atoms with Gasteiger partial charge in [0, 0.05) is 50.4 Å². The quantitative estimate of drug-likeness (QED) is 0.214. The van der Waals surface area contributed by atoms with E-state index in [1.807, 2.05) is 38.7 Å². The number of primary amides is 1. The zero-order valence-corrected chi connectivity index (χ0v) is 31.6. The molecule has 284 valence electrons. The van der Waals surface area contributed by atoms with Crippen molar-refractivity contribution >= 4 is 34.3 Å². The predicted octanol–water partition coefficient (Wildman–Crippen LogP) is 6.29. The molecule has 1 aliphatic carbocycles. The van der Waals surface area contributed by atoms with Gasteiger partial charge in [0.25, 0.3) is 5.91 Å². The van der Waals surface area contributed by atoms with E-state index in [2.05, 4.69) is 4.57 Å². The topological polar surface area (TPSA) is 134 Å². The molecule has 7 rings (SSSR count). The number of aryl methyl sites for hydroxylation is 1. The number of benzene rings is 1. The summed E-state index contributed by atoms with van der Waals surface area (Å²) in [5.41, 5.74) is 10.7. The first-order valence-electron chi connectivity index (χ1n) is 18.7. The Bertz CT molecular complexity index is 2050. The van der Waals surface area contributed by atoms with Crippen LogP contribution in [0.4, 0.5) is 9.18 Å². The highest BCUT2D eigenvalue weighted by Crippen LogP contribution is 2.43. The third kappa shape index (κ3) is 7.07. The van der Waals surface area contributed by atoms with Crippen LogP contribution < -0.4 is 10.5 Å². The smallest absolute Gasteiger partial charge is 0.404 e. The highest BCUT2D eigenvalue weighted by molar-refractivity contribution is 5.96. The van der Waals surface area contributed by atoms with Crippen LogP contribution in [-0.4, -0.2) is 94.5 Å². The van der Waals surface area contributed by atoms with Gasteiger partial charge in [0.15, 0.2) is 0 Å². The molecule has 3 aliphatic rings. The van der Waals surface area contributed by atoms with Crippen molar-refractivity contribution in [3.8, 4) is 17.1 Å². The Morgan fingerprint density at radius 1 is 0.981 bits per heavy atom. The number of fused-ring (bicyclic) bond motifs is 2. The van der Waals surface area contributed by atoms with Crippen LogP contribution in [0.3, 0.4) is 0 Å². The van der Waals surface area contributed by atoms with Crippen molar-refractivity contribution in [3.05, 3.63) is 53.0 Å². The highest BCUT2D eigenvalue weighted by atomic mass is 19.1. The molecular weight excluding hydrogens is 679 g/mol. The maximum absolute atomic E-state index is 15.4. The minimum atomic E-state index is -0.852. The molecule has 2 atom stereocenters. The molecule has 0 bridgehead atoms. The van der Waals surface area contributed by atoms with Crippen molar-refractivity contribution in [2.24, 2.45) is 17.1 Å². The van der Waals surface area contributed by atoms with E-state index in [1.165, 1.54) is 7.11 Å². The second kappa shape index (κ2) is 14.3. The van der Waals surface area contributed by atoms with E-state index < -0.39 is 23.7 Å². The van der Waals surface area contributed by atoms with Crippen molar-refractivity contribution in [1.82, 2.24) is 24.0 Å². The molecule has 0 spiro atoms. The Hall–Kier alpha value is -4.65. The minimum absolute atomic E-state index is 0.0245. The molecule has 1 aromatic carbocycles. The fourth-order valence-electron chi connectivity index (χ4n) is 8.77. The van der Waals surface area contributed by atoms with Crippen molar-refractivity contribution in [2.75, 3.05) is 40.5 Å². The Morgan fingerprint density at radius 3 is 2.36 bits per heavy atom. The summed E-state index contributed by atoms with van der Waals surface area (Å²) >= 11 is 0. The van der Waals surface area contributed by atoms with Crippen LogP contribution in [0.15, 0.2) is 30.5 Å². The van der Waals surface area contributed by atoms with Crippen LogP contribution in [0.5, 0.6) is 5.75 Å². The normalized spacial score (nSPS) is 20.0. The van der Waals surface area contributed by atoms with Gasteiger partial charge < -0.3 is 34.3 Å². The van der Waals surface area contributed by atoms with Gasteiger partial charge in [-0.25, -0.2) is 13.7 Å². The first kappa shape index (κ1) is 36.7. The molecular formula is C40H51FN6O6. The van der Waals surface area contributed by atoms with Gasteiger partial charge in [-0.2, -0.15) is 5.10 Å². The van der Waals surface area contributed by atoms with E-state index in [0.29, 0.717) is 49.7 Å². The lowest BCUT2D eigenvalue weighted by Gasteiger charge is -2.47. The zero-order valence-electron chi connectivity index (χ0n) is 31.6. The number of nitrogens with two attached hydrogens (primary N) is 1. The van der Waals surface area contributed by atoms with E-state index in [4.69, 9.17) is 25.0 Å². The molecule has 2 N–H and O–H groups in total. The zero-order chi connectivity index (χ0) is 37.8. The van der Waals surface area contributed by atoms with Gasteiger partial charge in [-0.3, -0.25) is 9.59 Å². The van der Waals surface area contributed by atoms with Gasteiger partial charge in [-0.1, -0.05) is 20.8 Å². The van der Waals surface area contributed by atoms with E-state index in [1.54, 1.807) is 40.9 Å². The third-order valence-electron chi connectivity index (χ3n) is 11.3. The van der Waals surface area contributed by atoms with Gasteiger partial charge >= 0.3 is 6.09 Å². The molecule has 5 heterocycles. The van der Waals surface area contributed by atoms with Crippen LogP contribution in [-0.2, 0) is 20.8 Å². The summed E-state index contributed by atoms with van der Waals surface area (Å²) in [4.78, 5) is 42.3. The van der Waals surface area contributed by atoms with Gasteiger partial charge in [-0.05, 0) is 92.5 Å². The molecule has 3 amide bonds. The van der Waals surface area contributed by atoms with E-state index in [9.17, 15) is 14.4 Å². The van der Waals surface area contributed by atoms with Crippen molar-refractivity contribution in [1.29, 1.82) is 0 Å². The van der Waals surface area contributed by atoms with Crippen LogP contribution >= 0.6 is 0 Å². The van der Waals surface area contributed by atoms with E-state index in [-0.39, 0.29) is 30.2 Å². The predicted molar refractivity (Wildman–Crippen MR) is 198 cm³/mol. The number of aromatic nitrogens is 3. The standard InChI is InChI=1S/C40H51FN6O6/c1-23-34(43-47-21-27(18-32(52-6)35(23)47)38(49)45-13-7-8-31(53-39(42)50)37(45)40(2,3)4)30-17-26-16-28(41)19-29(36(26)46(30)20-24-9-10-24)25-11-14-44(15-12-25)33(48)22-51-5/h16-19,21,24-25,31,37H,7-15,20,22H2,1-6H3,(H2,42,50). The molecule has 2 aliphatic heterocycles. The first-order chi connectivity index (χ1) is 25.3. The van der Waals surface area contributed by atoms with Gasteiger partial charge in [0.05, 0.1) is 29.9 Å². The number of pyridine rings is 1. The largest absolute Gasteiger partial charge is 0.494 e. The van der Waals surface area contributed by atoms with Crippen LogP contribution in [0.2, 0.25) is 0 Å². The molecule has 53 heavy (non-hydrogen) atoms. The number of carbonyl (C=O) groups excluding carboxylic acids is 3. The SMILES string of the molecule is COCC(=O)N1CCC(c2cc(F)cc3cc(-c4nn5cc(C(=O)N6CCCC(OC(N)=O)C6C(C)(C)C)cc(OC)c5c4C)n(CC4CC4)c23)CC1. The number of hydrogen-bond acceptors (Lipinski definition) is 7. The lowest BCUT2D eigenvalue weighted by Crippen LogP contribution is -2.58. The number of ether oxygens (including phenoxy) is 3. The number of rotatable bonds is 9. The molecule has 4 aromatic rings. The Morgan fingerprint density at radius 2 is 1.72 bits per heavy atom. The van der Waals surface area contributed by atoms with Gasteiger partial charge in [0.1, 0.15) is 35.5 Å². The number of hydrogen-bond donors (Lipinski definition) is 1. The number of piperidine rings is 2. The molecule has 2 saturated heterocycles. The Balaban J connectivity index is 1.30. The summed E-state index contributed by atoms with van der Waals surface area (Å²) in [6.45, 7) is 10.6. The highest BCUT2D eigenvalue weighted by Gasteiger charge is 2.44. The van der Waals surface area contributed by atoms with Crippen molar-refractivity contribution < 1.29 is 33.0 Å². The van der Waals surface area contributed by atoms with Crippen LogP contribution in [0, 0.1) is 24.1 Å². The van der Waals surface area contributed by atoms with Crippen molar-refractivity contribution in [3.63, 3.8) is 0 Å². The monoisotopic (exact) mass is 730 g/mol. The molecule has 3 aromatic heterocycles. The number of methoxy groups -OCH3 is 2. The molecule has 2 unspecified atom stereocenters. The summed E-state index contributed by atoms with van der Waals surface area (Å²) in [7, 11) is 3.11. The molecule has 12 nitrogen and oxygen atoms in total. The van der Waals surface area contributed by atoms with Gasteiger partial charge in [0.2, 0.25) is 5.91 Å². The van der Waals surface area contributed by atoms with E-state index >= 15 is 4.39 Å². The number of likely N-dealkylation sites (tertiary alicyclic amines) is 2. The minimum Gasteiger partial charge on any atom is -0.494 e. The van der Waals surface area contributed by atoms with Crippen LogP contribution in [0.1, 0.15) is 86.7 Å². The first-order valence-corrected chi connectivity index (χ1v) is 18.7.